The maximum atomic E-state index is 12.0. The van der Waals surface area contributed by atoms with Crippen LogP contribution in [0.15, 0.2) is 6.07 Å². The van der Waals surface area contributed by atoms with Crippen molar-refractivity contribution in [2.75, 3.05) is 6.61 Å². The summed E-state index contributed by atoms with van der Waals surface area (Å²) in [4.78, 5) is 49.9. The number of carbonyl (C=O) groups excluding carboxylic acids is 4. The molecule has 0 N–H and O–H groups in total. The van der Waals surface area contributed by atoms with Crippen LogP contribution in [-0.2, 0) is 19.1 Å². The van der Waals surface area contributed by atoms with E-state index in [-0.39, 0.29) is 30.4 Å². The fraction of sp³-hybridized carbons (Fsp3) is 0.467. The van der Waals surface area contributed by atoms with Crippen LogP contribution < -0.4 is 0 Å². The number of esters is 1. The lowest BCUT2D eigenvalue weighted by Gasteiger charge is -2.20. The van der Waals surface area contributed by atoms with E-state index >= 15 is 0 Å². The van der Waals surface area contributed by atoms with Gasteiger partial charge in [0.2, 0.25) is 17.6 Å². The van der Waals surface area contributed by atoms with Gasteiger partial charge in [-0.2, -0.15) is 0 Å². The molecule has 2 amide bonds. The molecule has 0 bridgehead atoms. The highest BCUT2D eigenvalue weighted by Gasteiger charge is 2.37. The smallest absolute Gasteiger partial charge is 0.329 e. The van der Waals surface area contributed by atoms with Crippen molar-refractivity contribution in [2.24, 2.45) is 0 Å². The summed E-state index contributed by atoms with van der Waals surface area (Å²) in [5.41, 5.74) is 0.538. The normalized spacial score (nSPS) is 16.0. The van der Waals surface area contributed by atoms with Crippen LogP contribution >= 0.6 is 11.3 Å². The number of carbonyl (C=O) groups is 4. The lowest BCUT2D eigenvalue weighted by molar-refractivity contribution is -0.156. The largest absolute Gasteiger partial charge is 0.456 e. The summed E-state index contributed by atoms with van der Waals surface area (Å²) in [6, 6.07) is 0.758. The molecule has 1 aromatic heterocycles. The van der Waals surface area contributed by atoms with Gasteiger partial charge in [0.1, 0.15) is 6.04 Å². The molecule has 1 saturated heterocycles. The van der Waals surface area contributed by atoms with Gasteiger partial charge in [0, 0.05) is 28.2 Å². The molecule has 1 fully saturated rings. The zero-order valence-electron chi connectivity index (χ0n) is 12.7. The summed E-state index contributed by atoms with van der Waals surface area (Å²) < 4.78 is 4.96. The van der Waals surface area contributed by atoms with E-state index in [0.29, 0.717) is 5.56 Å². The molecule has 0 aromatic carbocycles. The summed E-state index contributed by atoms with van der Waals surface area (Å²) in [5.74, 6) is -1.81. The molecule has 1 aliphatic heterocycles. The monoisotopic (exact) mass is 323 g/mol. The van der Waals surface area contributed by atoms with E-state index in [1.54, 1.807) is 6.07 Å². The third-order valence-electron chi connectivity index (χ3n) is 3.51. The molecule has 118 valence electrons. The molecule has 6 nitrogen and oxygen atoms in total. The van der Waals surface area contributed by atoms with Crippen LogP contribution in [0, 0.1) is 13.8 Å². The zero-order valence-corrected chi connectivity index (χ0v) is 13.5. The summed E-state index contributed by atoms with van der Waals surface area (Å²) in [6.07, 6.45) is 0.228. The van der Waals surface area contributed by atoms with E-state index in [2.05, 4.69) is 0 Å². The number of thiophene rings is 1. The Bertz CT molecular complexity index is 632. The van der Waals surface area contributed by atoms with Crippen molar-refractivity contribution >= 4 is 34.9 Å². The van der Waals surface area contributed by atoms with Crippen LogP contribution in [0.4, 0.5) is 0 Å². The quantitative estimate of drug-likeness (QED) is 0.467. The number of imide groups is 1. The standard InChI is InChI=1S/C15H17NO5S/c1-8-6-11(10(3)22-8)12(17)7-21-15(20)9(2)16-13(18)4-5-14(16)19/h6,9H,4-5,7H2,1-3H3. The predicted octanol–water partition coefficient (Wildman–Crippen LogP) is 1.63. The Balaban J connectivity index is 1.95. The van der Waals surface area contributed by atoms with Crippen LogP contribution in [0.2, 0.25) is 0 Å². The molecule has 0 aliphatic carbocycles. The van der Waals surface area contributed by atoms with Crippen molar-refractivity contribution < 1.29 is 23.9 Å². The number of rotatable bonds is 5. The Labute approximate surface area is 132 Å². The van der Waals surface area contributed by atoms with Gasteiger partial charge >= 0.3 is 5.97 Å². The average Bonchev–Trinajstić information content (AvgIpc) is 2.97. The third-order valence-corrected chi connectivity index (χ3v) is 4.47. The predicted molar refractivity (Wildman–Crippen MR) is 79.6 cm³/mol. The number of aryl methyl sites for hydroxylation is 2. The van der Waals surface area contributed by atoms with E-state index < -0.39 is 18.6 Å². The lowest BCUT2D eigenvalue weighted by atomic mass is 10.2. The average molecular weight is 323 g/mol. The molecule has 1 atom stereocenters. The van der Waals surface area contributed by atoms with Gasteiger partial charge in [-0.3, -0.25) is 19.3 Å². The van der Waals surface area contributed by atoms with E-state index in [1.165, 1.54) is 18.3 Å². The van der Waals surface area contributed by atoms with Gasteiger partial charge in [-0.25, -0.2) is 4.79 Å². The Morgan fingerprint density at radius 3 is 2.36 bits per heavy atom. The first-order valence-corrected chi connectivity index (χ1v) is 7.74. The van der Waals surface area contributed by atoms with Crippen molar-refractivity contribution in [3.63, 3.8) is 0 Å². The number of amides is 2. The summed E-state index contributed by atoms with van der Waals surface area (Å²) >= 11 is 1.50. The fourth-order valence-corrected chi connectivity index (χ4v) is 3.32. The molecule has 2 heterocycles. The number of hydrogen-bond acceptors (Lipinski definition) is 6. The van der Waals surface area contributed by atoms with Crippen molar-refractivity contribution in [1.82, 2.24) is 4.90 Å². The number of likely N-dealkylation sites (tertiary alicyclic amines) is 1. The lowest BCUT2D eigenvalue weighted by Crippen LogP contribution is -2.43. The number of Topliss-reactive ketones (excluding diaryl/α,β-unsaturated/α-hetero) is 1. The maximum Gasteiger partial charge on any atom is 0.329 e. The van der Waals surface area contributed by atoms with Crippen molar-refractivity contribution in [3.8, 4) is 0 Å². The Hall–Kier alpha value is -2.02. The Morgan fingerprint density at radius 2 is 1.86 bits per heavy atom. The molecule has 0 saturated carbocycles. The number of hydrogen-bond donors (Lipinski definition) is 0. The van der Waals surface area contributed by atoms with Crippen molar-refractivity contribution in [3.05, 3.63) is 21.4 Å². The fourth-order valence-electron chi connectivity index (χ4n) is 2.37. The van der Waals surface area contributed by atoms with Gasteiger partial charge in [-0.05, 0) is 26.8 Å². The van der Waals surface area contributed by atoms with Gasteiger partial charge < -0.3 is 4.74 Å². The van der Waals surface area contributed by atoms with Crippen molar-refractivity contribution in [2.45, 2.75) is 39.7 Å². The van der Waals surface area contributed by atoms with Gasteiger partial charge in [0.05, 0.1) is 0 Å². The maximum absolute atomic E-state index is 12.0. The topological polar surface area (TPSA) is 80.8 Å². The van der Waals surface area contributed by atoms with Gasteiger partial charge in [0.15, 0.2) is 6.61 Å². The van der Waals surface area contributed by atoms with Gasteiger partial charge in [0.25, 0.3) is 0 Å². The molecular formula is C15H17NO5S. The molecule has 22 heavy (non-hydrogen) atoms. The second-order valence-corrected chi connectivity index (χ2v) is 6.65. The van der Waals surface area contributed by atoms with Gasteiger partial charge in [-0.15, -0.1) is 11.3 Å². The third kappa shape index (κ3) is 3.24. The number of nitrogens with zero attached hydrogens (tertiary/aromatic N) is 1. The Kier molecular flexibility index (Phi) is 4.75. The molecule has 1 unspecified atom stereocenters. The molecule has 1 aromatic rings. The number of ketones is 1. The molecule has 2 rings (SSSR count). The molecule has 1 aliphatic rings. The Morgan fingerprint density at radius 1 is 1.27 bits per heavy atom. The van der Waals surface area contributed by atoms with Crippen LogP contribution in [0.1, 0.15) is 39.9 Å². The first-order chi connectivity index (χ1) is 10.3. The van der Waals surface area contributed by atoms with Crippen LogP contribution in [0.5, 0.6) is 0 Å². The minimum absolute atomic E-state index is 0.114. The van der Waals surface area contributed by atoms with Crippen LogP contribution in [0.3, 0.4) is 0 Å². The summed E-state index contributed by atoms with van der Waals surface area (Å²) in [6.45, 7) is 4.76. The molecule has 7 heteroatoms. The molecule has 0 radical (unpaired) electrons. The molecule has 0 spiro atoms. The SMILES string of the molecule is Cc1cc(C(=O)COC(=O)C(C)N2C(=O)CCC2=O)c(C)s1. The summed E-state index contributed by atoms with van der Waals surface area (Å²) in [7, 11) is 0. The van der Waals surface area contributed by atoms with Crippen LogP contribution in [0.25, 0.3) is 0 Å². The van der Waals surface area contributed by atoms with E-state index in [9.17, 15) is 19.2 Å². The highest BCUT2D eigenvalue weighted by atomic mass is 32.1. The van der Waals surface area contributed by atoms with E-state index in [4.69, 9.17) is 4.74 Å². The van der Waals surface area contributed by atoms with Crippen molar-refractivity contribution in [1.29, 1.82) is 0 Å². The highest BCUT2D eigenvalue weighted by Crippen LogP contribution is 2.21. The first-order valence-electron chi connectivity index (χ1n) is 6.93. The molecular weight excluding hydrogens is 306 g/mol. The highest BCUT2D eigenvalue weighted by molar-refractivity contribution is 7.12. The second kappa shape index (κ2) is 6.39. The first kappa shape index (κ1) is 16.4. The summed E-state index contributed by atoms with van der Waals surface area (Å²) in [5, 5.41) is 0. The number of ether oxygens (including phenoxy) is 1. The van der Waals surface area contributed by atoms with Crippen LogP contribution in [-0.4, -0.2) is 41.1 Å². The van der Waals surface area contributed by atoms with Gasteiger partial charge in [-0.1, -0.05) is 0 Å². The minimum atomic E-state index is -0.999. The van der Waals surface area contributed by atoms with E-state index in [1.807, 2.05) is 13.8 Å². The second-order valence-electron chi connectivity index (χ2n) is 5.19. The zero-order chi connectivity index (χ0) is 16.4. The van der Waals surface area contributed by atoms with E-state index in [0.717, 1.165) is 14.7 Å². The minimum Gasteiger partial charge on any atom is -0.456 e.